The summed E-state index contributed by atoms with van der Waals surface area (Å²) in [5.41, 5.74) is 12.7. The van der Waals surface area contributed by atoms with Gasteiger partial charge >= 0.3 is 0 Å². The summed E-state index contributed by atoms with van der Waals surface area (Å²) in [4.78, 5) is 20.6. The van der Waals surface area contributed by atoms with Gasteiger partial charge in [-0.15, -0.1) is 0 Å². The first kappa shape index (κ1) is 23.6. The molecule has 7 N–H and O–H groups in total. The molecule has 0 spiro atoms. The molecule has 10 nitrogen and oxygen atoms in total. The fourth-order valence-corrected chi connectivity index (χ4v) is 4.60. The highest BCUT2D eigenvalue weighted by Crippen LogP contribution is 2.29. The Morgan fingerprint density at radius 3 is 2.65 bits per heavy atom. The highest BCUT2D eigenvalue weighted by Gasteiger charge is 2.24. The van der Waals surface area contributed by atoms with Gasteiger partial charge in [-0.05, 0) is 31.0 Å². The lowest BCUT2D eigenvalue weighted by Gasteiger charge is -2.30. The lowest BCUT2D eigenvalue weighted by atomic mass is 9.91. The zero-order chi connectivity index (χ0) is 24.5. The van der Waals surface area contributed by atoms with E-state index in [0.717, 1.165) is 38.0 Å². The van der Waals surface area contributed by atoms with Gasteiger partial charge in [-0.1, -0.05) is 25.0 Å². The van der Waals surface area contributed by atoms with Crippen LogP contribution in [-0.2, 0) is 10.0 Å². The third-order valence-electron chi connectivity index (χ3n) is 5.65. The van der Waals surface area contributed by atoms with Crippen LogP contribution in [0.25, 0.3) is 10.9 Å². The fourth-order valence-electron chi connectivity index (χ4n) is 4.04. The minimum atomic E-state index is -3.49. The zero-order valence-electron chi connectivity index (χ0n) is 18.5. The summed E-state index contributed by atoms with van der Waals surface area (Å²) in [7, 11) is -3.49. The normalized spacial score (nSPS) is 18.4. The minimum absolute atomic E-state index is 0.0248. The smallest absolute Gasteiger partial charge is 0.252 e. The monoisotopic (exact) mass is 487 g/mol. The summed E-state index contributed by atoms with van der Waals surface area (Å²) < 4.78 is 40.4. The Morgan fingerprint density at radius 1 is 1.18 bits per heavy atom. The van der Waals surface area contributed by atoms with E-state index in [1.54, 1.807) is 24.3 Å². The molecule has 3 aromatic rings. The number of rotatable bonds is 7. The number of nitrogens with zero attached hydrogens (tertiary/aromatic N) is 2. The first-order valence-electron chi connectivity index (χ1n) is 10.8. The number of nitrogens with two attached hydrogens (primary N) is 2. The fraction of sp³-hybridized carbons (Fsp3) is 0.318. The van der Waals surface area contributed by atoms with Crippen molar-refractivity contribution in [2.24, 2.45) is 11.5 Å². The molecule has 1 fully saturated rings. The van der Waals surface area contributed by atoms with Gasteiger partial charge in [0.1, 0.15) is 5.82 Å². The number of nitrogens with one attached hydrogen (secondary N) is 3. The minimum Gasteiger partial charge on any atom is -0.365 e. The van der Waals surface area contributed by atoms with Crippen LogP contribution in [0.5, 0.6) is 0 Å². The molecule has 1 saturated carbocycles. The molecule has 0 bridgehead atoms. The van der Waals surface area contributed by atoms with Gasteiger partial charge < -0.3 is 22.1 Å². The largest absolute Gasteiger partial charge is 0.365 e. The van der Waals surface area contributed by atoms with E-state index in [1.807, 2.05) is 0 Å². The predicted octanol–water partition coefficient (Wildman–Crippen LogP) is 2.66. The molecule has 1 aromatic carbocycles. The number of pyridine rings is 2. The van der Waals surface area contributed by atoms with Crippen LogP contribution in [-0.4, -0.2) is 42.6 Å². The highest BCUT2D eigenvalue weighted by atomic mass is 32.2. The third kappa shape index (κ3) is 5.34. The van der Waals surface area contributed by atoms with Crippen molar-refractivity contribution in [3.8, 4) is 0 Å². The first-order valence-corrected chi connectivity index (χ1v) is 12.7. The van der Waals surface area contributed by atoms with Crippen molar-refractivity contribution in [1.82, 2.24) is 9.97 Å². The number of amides is 1. The van der Waals surface area contributed by atoms with E-state index < -0.39 is 21.7 Å². The number of hydrogen-bond acceptors (Lipinski definition) is 8. The van der Waals surface area contributed by atoms with Crippen molar-refractivity contribution >= 4 is 49.8 Å². The van der Waals surface area contributed by atoms with E-state index in [9.17, 15) is 17.6 Å². The molecule has 34 heavy (non-hydrogen) atoms. The maximum atomic E-state index is 14.7. The molecular formula is C22H26FN7O3S. The second kappa shape index (κ2) is 9.39. The number of primary amides is 1. The van der Waals surface area contributed by atoms with Gasteiger partial charge in [-0.3, -0.25) is 14.5 Å². The Bertz CT molecular complexity index is 1350. The van der Waals surface area contributed by atoms with Gasteiger partial charge in [-0.2, -0.15) is 0 Å². The second-order valence-electron chi connectivity index (χ2n) is 8.38. The van der Waals surface area contributed by atoms with Crippen LogP contribution in [0.3, 0.4) is 0 Å². The number of halogens is 1. The molecule has 180 valence electrons. The molecular weight excluding hydrogens is 461 g/mol. The molecule has 2 aromatic heterocycles. The maximum Gasteiger partial charge on any atom is 0.252 e. The molecule has 2 heterocycles. The highest BCUT2D eigenvalue weighted by molar-refractivity contribution is 7.92. The van der Waals surface area contributed by atoms with Crippen LogP contribution in [0.2, 0.25) is 0 Å². The van der Waals surface area contributed by atoms with Crippen molar-refractivity contribution in [1.29, 1.82) is 0 Å². The van der Waals surface area contributed by atoms with E-state index in [2.05, 4.69) is 25.3 Å². The number of para-hydroxylation sites is 1. The van der Waals surface area contributed by atoms with E-state index in [0.29, 0.717) is 22.3 Å². The van der Waals surface area contributed by atoms with Gasteiger partial charge in [0.15, 0.2) is 11.6 Å². The average Bonchev–Trinajstić information content (AvgIpc) is 2.76. The van der Waals surface area contributed by atoms with Crippen LogP contribution in [0.15, 0.2) is 36.5 Å². The lowest BCUT2D eigenvalue weighted by molar-refractivity contribution is 0.100. The summed E-state index contributed by atoms with van der Waals surface area (Å²) in [6, 6.07) is 7.53. The number of aromatic nitrogens is 2. The molecule has 1 aliphatic rings. The van der Waals surface area contributed by atoms with Crippen LogP contribution in [0, 0.1) is 5.82 Å². The SMILES string of the molecule is CS(=O)(=O)Nc1cccc2cc(Nc3nc(NC4CCCC[C@@H]4N)c(F)cc3C(N)=O)cnc12. The predicted molar refractivity (Wildman–Crippen MR) is 130 cm³/mol. The van der Waals surface area contributed by atoms with Gasteiger partial charge in [-0.25, -0.2) is 17.8 Å². The number of hydrogen-bond donors (Lipinski definition) is 5. The molecule has 1 amide bonds. The van der Waals surface area contributed by atoms with Gasteiger partial charge in [0.25, 0.3) is 5.91 Å². The van der Waals surface area contributed by atoms with Gasteiger partial charge in [0.2, 0.25) is 10.0 Å². The van der Waals surface area contributed by atoms with E-state index >= 15 is 0 Å². The first-order chi connectivity index (χ1) is 16.1. The summed E-state index contributed by atoms with van der Waals surface area (Å²) in [6.45, 7) is 0. The van der Waals surface area contributed by atoms with E-state index in [-0.39, 0.29) is 29.3 Å². The van der Waals surface area contributed by atoms with Crippen LogP contribution >= 0.6 is 0 Å². The van der Waals surface area contributed by atoms with Crippen molar-refractivity contribution in [3.05, 3.63) is 47.9 Å². The number of benzene rings is 1. The molecule has 0 radical (unpaired) electrons. The van der Waals surface area contributed by atoms with E-state index in [1.165, 1.54) is 6.20 Å². The van der Waals surface area contributed by atoms with Crippen molar-refractivity contribution in [3.63, 3.8) is 0 Å². The van der Waals surface area contributed by atoms with Gasteiger partial charge in [0, 0.05) is 17.5 Å². The zero-order valence-corrected chi connectivity index (χ0v) is 19.3. The van der Waals surface area contributed by atoms with Crippen molar-refractivity contribution in [2.75, 3.05) is 21.6 Å². The molecule has 0 aliphatic heterocycles. The number of sulfonamides is 1. The Labute approximate surface area is 196 Å². The molecule has 1 aliphatic carbocycles. The van der Waals surface area contributed by atoms with Crippen molar-refractivity contribution < 1.29 is 17.6 Å². The molecule has 2 atom stereocenters. The number of carbonyl (C=O) groups is 1. The Hall–Kier alpha value is -3.51. The van der Waals surface area contributed by atoms with Crippen LogP contribution < -0.4 is 26.8 Å². The Morgan fingerprint density at radius 2 is 1.94 bits per heavy atom. The van der Waals surface area contributed by atoms with Gasteiger partial charge in [0.05, 0.1) is 34.9 Å². The number of fused-ring (bicyclic) bond motifs is 1. The molecule has 12 heteroatoms. The summed E-state index contributed by atoms with van der Waals surface area (Å²) in [6.07, 6.45) is 6.15. The summed E-state index contributed by atoms with van der Waals surface area (Å²) in [5, 5.41) is 6.68. The third-order valence-corrected chi connectivity index (χ3v) is 6.24. The van der Waals surface area contributed by atoms with E-state index in [4.69, 9.17) is 11.5 Å². The topological polar surface area (TPSA) is 165 Å². The summed E-state index contributed by atoms with van der Waals surface area (Å²) >= 11 is 0. The van der Waals surface area contributed by atoms with Crippen LogP contribution in [0.1, 0.15) is 36.0 Å². The van der Waals surface area contributed by atoms with Crippen molar-refractivity contribution in [2.45, 2.75) is 37.8 Å². The standard InChI is InChI=1S/C22H26FN7O3S/c1-34(32,33)30-18-8-4-5-12-9-13(11-26-19(12)18)27-21-14(20(25)31)10-15(23)22(29-21)28-17-7-3-2-6-16(17)24/h4-5,8-11,16-17,30H,2-3,6-7,24H2,1H3,(H2,25,31)(H2,27,28,29)/t16-,17?/m0/s1. The number of anilines is 4. The second-order valence-corrected chi connectivity index (χ2v) is 10.1. The average molecular weight is 488 g/mol. The molecule has 1 unspecified atom stereocenters. The quantitative estimate of drug-likeness (QED) is 0.339. The maximum absolute atomic E-state index is 14.7. The summed E-state index contributed by atoms with van der Waals surface area (Å²) in [5.74, 6) is -1.51. The molecule has 4 rings (SSSR count). The Kier molecular flexibility index (Phi) is 6.53. The molecule has 0 saturated heterocycles. The van der Waals surface area contributed by atoms with Crippen LogP contribution in [0.4, 0.5) is 27.4 Å². The lowest BCUT2D eigenvalue weighted by Crippen LogP contribution is -2.43. The number of carbonyl (C=O) groups excluding carboxylic acids is 1. The Balaban J connectivity index is 1.67.